The Balaban J connectivity index is 2.17. The third-order valence-corrected chi connectivity index (χ3v) is 4.59. The summed E-state index contributed by atoms with van der Waals surface area (Å²) in [5.74, 6) is -2.43. The molecule has 0 aliphatic heterocycles. The van der Waals surface area contributed by atoms with Crippen LogP contribution in [0.5, 0.6) is 11.5 Å². The topological polar surface area (TPSA) is 90.9 Å². The number of rotatable bonds is 9. The van der Waals surface area contributed by atoms with E-state index in [-0.39, 0.29) is 22.8 Å². The fourth-order valence-corrected chi connectivity index (χ4v) is 3.04. The van der Waals surface area contributed by atoms with Crippen molar-refractivity contribution in [1.82, 2.24) is 0 Å². The summed E-state index contributed by atoms with van der Waals surface area (Å²) in [6.07, 6.45) is 1.82. The zero-order valence-corrected chi connectivity index (χ0v) is 17.2. The molecule has 0 atom stereocenters. The van der Waals surface area contributed by atoms with Crippen molar-refractivity contribution >= 4 is 35.1 Å². The van der Waals surface area contributed by atoms with Crippen molar-refractivity contribution < 1.29 is 37.4 Å². The summed E-state index contributed by atoms with van der Waals surface area (Å²) in [5, 5.41) is 2.63. The minimum absolute atomic E-state index is 0.0799. The van der Waals surface area contributed by atoms with E-state index >= 15 is 0 Å². The van der Waals surface area contributed by atoms with Gasteiger partial charge in [0.1, 0.15) is 5.56 Å². The number of anilines is 1. The summed E-state index contributed by atoms with van der Waals surface area (Å²) in [5.41, 5.74) is 0.353. The first kappa shape index (κ1) is 23.1. The van der Waals surface area contributed by atoms with Gasteiger partial charge in [0.2, 0.25) is 5.91 Å². The molecule has 0 unspecified atom stereocenters. The van der Waals surface area contributed by atoms with Crippen molar-refractivity contribution in [1.29, 1.82) is 0 Å². The maximum Gasteiger partial charge on any atom is 0.387 e. The predicted molar refractivity (Wildman–Crippen MR) is 107 cm³/mol. The van der Waals surface area contributed by atoms with Gasteiger partial charge in [0.15, 0.2) is 23.9 Å². The number of carbonyl (C=O) groups excluding carboxylic acids is 3. The summed E-state index contributed by atoms with van der Waals surface area (Å²) in [7, 11) is 1.23. The summed E-state index contributed by atoms with van der Waals surface area (Å²) >= 11 is 1.38. The summed E-state index contributed by atoms with van der Waals surface area (Å²) in [6.45, 7) is -2.48. The maximum atomic E-state index is 12.7. The highest BCUT2D eigenvalue weighted by Gasteiger charge is 2.22. The SMILES string of the molecule is COc1cccc(C(=O)OCC(=O)c2ccc(SC)c(NC(C)=O)c2)c1OC(F)F. The van der Waals surface area contributed by atoms with Crippen LogP contribution in [-0.4, -0.2) is 44.2 Å². The Kier molecular flexibility index (Phi) is 8.16. The van der Waals surface area contributed by atoms with Crippen molar-refractivity contribution in [3.63, 3.8) is 0 Å². The van der Waals surface area contributed by atoms with Crippen LogP contribution < -0.4 is 14.8 Å². The number of para-hydroxylation sites is 1. The number of hydrogen-bond donors (Lipinski definition) is 1. The van der Waals surface area contributed by atoms with E-state index in [9.17, 15) is 23.2 Å². The number of amides is 1. The van der Waals surface area contributed by atoms with E-state index in [1.165, 1.54) is 56.1 Å². The third-order valence-electron chi connectivity index (χ3n) is 3.79. The number of nitrogens with one attached hydrogen (secondary N) is 1. The van der Waals surface area contributed by atoms with Crippen LogP contribution in [0.2, 0.25) is 0 Å². The number of carbonyl (C=O) groups is 3. The molecule has 2 aromatic carbocycles. The Morgan fingerprint density at radius 1 is 1.17 bits per heavy atom. The first-order valence-electron chi connectivity index (χ1n) is 8.54. The third kappa shape index (κ3) is 5.93. The van der Waals surface area contributed by atoms with Gasteiger partial charge in [-0.15, -0.1) is 11.8 Å². The normalized spacial score (nSPS) is 10.5. The smallest absolute Gasteiger partial charge is 0.387 e. The van der Waals surface area contributed by atoms with Crippen LogP contribution in [0.15, 0.2) is 41.3 Å². The van der Waals surface area contributed by atoms with E-state index in [4.69, 9.17) is 9.47 Å². The zero-order chi connectivity index (χ0) is 22.3. The van der Waals surface area contributed by atoms with E-state index in [1.807, 2.05) is 6.26 Å². The molecule has 0 saturated carbocycles. The summed E-state index contributed by atoms with van der Waals surface area (Å²) < 4.78 is 39.7. The van der Waals surface area contributed by atoms with Gasteiger partial charge in [0.05, 0.1) is 12.8 Å². The quantitative estimate of drug-likeness (QED) is 0.359. The van der Waals surface area contributed by atoms with E-state index in [0.29, 0.717) is 5.69 Å². The highest BCUT2D eigenvalue weighted by atomic mass is 32.2. The number of benzene rings is 2. The Bertz CT molecular complexity index is 951. The van der Waals surface area contributed by atoms with Gasteiger partial charge in [0, 0.05) is 17.4 Å². The van der Waals surface area contributed by atoms with Gasteiger partial charge in [-0.2, -0.15) is 8.78 Å². The molecule has 0 heterocycles. The van der Waals surface area contributed by atoms with Crippen LogP contribution in [-0.2, 0) is 9.53 Å². The number of hydrogen-bond acceptors (Lipinski definition) is 7. The van der Waals surface area contributed by atoms with Gasteiger partial charge in [-0.05, 0) is 30.5 Å². The van der Waals surface area contributed by atoms with Crippen LogP contribution in [0, 0.1) is 0 Å². The van der Waals surface area contributed by atoms with E-state index in [0.717, 1.165) is 4.90 Å². The molecule has 2 rings (SSSR count). The van der Waals surface area contributed by atoms with Gasteiger partial charge in [0.25, 0.3) is 0 Å². The average molecular weight is 439 g/mol. The summed E-state index contributed by atoms with van der Waals surface area (Å²) in [6, 6.07) is 8.62. The Morgan fingerprint density at radius 2 is 1.90 bits per heavy atom. The van der Waals surface area contributed by atoms with Crippen molar-refractivity contribution in [2.24, 2.45) is 0 Å². The van der Waals surface area contributed by atoms with Crippen molar-refractivity contribution in [3.05, 3.63) is 47.5 Å². The largest absolute Gasteiger partial charge is 0.493 e. The van der Waals surface area contributed by atoms with E-state index in [2.05, 4.69) is 10.1 Å². The molecule has 10 heteroatoms. The fraction of sp³-hybridized carbons (Fsp3) is 0.250. The zero-order valence-electron chi connectivity index (χ0n) is 16.4. The predicted octanol–water partition coefficient (Wildman–Crippen LogP) is 4.02. The average Bonchev–Trinajstić information content (AvgIpc) is 2.71. The Hall–Kier alpha value is -3.14. The van der Waals surface area contributed by atoms with Gasteiger partial charge < -0.3 is 19.5 Å². The molecular weight excluding hydrogens is 420 g/mol. The van der Waals surface area contributed by atoms with Gasteiger partial charge in [-0.3, -0.25) is 9.59 Å². The van der Waals surface area contributed by atoms with Gasteiger partial charge in [-0.25, -0.2) is 4.79 Å². The fourth-order valence-electron chi connectivity index (χ4n) is 2.51. The molecule has 30 heavy (non-hydrogen) atoms. The van der Waals surface area contributed by atoms with Crippen LogP contribution in [0.4, 0.5) is 14.5 Å². The Morgan fingerprint density at radius 3 is 2.50 bits per heavy atom. The van der Waals surface area contributed by atoms with E-state index in [1.54, 1.807) is 6.07 Å². The van der Waals surface area contributed by atoms with Gasteiger partial charge in [-0.1, -0.05) is 12.1 Å². The van der Waals surface area contributed by atoms with Crippen LogP contribution >= 0.6 is 11.8 Å². The van der Waals surface area contributed by atoms with Crippen LogP contribution in [0.1, 0.15) is 27.6 Å². The molecular formula is C20H19F2NO6S. The molecule has 0 radical (unpaired) electrons. The highest BCUT2D eigenvalue weighted by molar-refractivity contribution is 7.98. The molecule has 160 valence electrons. The molecule has 1 N–H and O–H groups in total. The molecule has 2 aromatic rings. The molecule has 0 saturated heterocycles. The minimum Gasteiger partial charge on any atom is -0.493 e. The number of thioether (sulfide) groups is 1. The number of Topliss-reactive ketones (excluding diaryl/α,β-unsaturated/α-hetero) is 1. The molecule has 7 nitrogen and oxygen atoms in total. The number of alkyl halides is 2. The number of methoxy groups -OCH3 is 1. The molecule has 0 bridgehead atoms. The maximum absolute atomic E-state index is 12.7. The monoisotopic (exact) mass is 439 g/mol. The van der Waals surface area contributed by atoms with Crippen molar-refractivity contribution in [3.8, 4) is 11.5 Å². The van der Waals surface area contributed by atoms with E-state index < -0.39 is 30.7 Å². The first-order valence-corrected chi connectivity index (χ1v) is 9.77. The molecule has 1 amide bonds. The minimum atomic E-state index is -3.18. The first-order chi connectivity index (χ1) is 14.3. The van der Waals surface area contributed by atoms with Crippen LogP contribution in [0.25, 0.3) is 0 Å². The number of esters is 1. The van der Waals surface area contributed by atoms with Crippen molar-refractivity contribution in [2.45, 2.75) is 18.4 Å². The number of ether oxygens (including phenoxy) is 3. The standard InChI is InChI=1S/C20H19F2NO6S/c1-11(24)23-14-9-12(7-8-17(14)30-3)15(25)10-28-19(26)13-5-4-6-16(27-2)18(13)29-20(21)22/h4-9,20H,10H2,1-3H3,(H,23,24). The lowest BCUT2D eigenvalue weighted by Gasteiger charge is -2.14. The molecule has 0 spiro atoms. The number of halogens is 2. The summed E-state index contributed by atoms with van der Waals surface area (Å²) in [4.78, 5) is 36.9. The highest BCUT2D eigenvalue weighted by Crippen LogP contribution is 2.33. The Labute approximate surface area is 175 Å². The van der Waals surface area contributed by atoms with Crippen molar-refractivity contribution in [2.75, 3.05) is 25.3 Å². The lowest BCUT2D eigenvalue weighted by Crippen LogP contribution is -2.17. The molecule has 0 aliphatic rings. The van der Waals surface area contributed by atoms with Crippen LogP contribution in [0.3, 0.4) is 0 Å². The second-order valence-electron chi connectivity index (χ2n) is 5.81. The van der Waals surface area contributed by atoms with Gasteiger partial charge >= 0.3 is 12.6 Å². The molecule has 0 aromatic heterocycles. The lowest BCUT2D eigenvalue weighted by molar-refractivity contribution is -0.114. The molecule has 0 fully saturated rings. The number of ketones is 1. The molecule has 0 aliphatic carbocycles. The second-order valence-corrected chi connectivity index (χ2v) is 6.66. The second kappa shape index (κ2) is 10.6. The lowest BCUT2D eigenvalue weighted by atomic mass is 10.1.